The van der Waals surface area contributed by atoms with E-state index in [0.717, 1.165) is 22.4 Å². The minimum atomic E-state index is -0.897. The van der Waals surface area contributed by atoms with Crippen molar-refractivity contribution in [3.8, 4) is 16.9 Å². The molecule has 0 fully saturated rings. The van der Waals surface area contributed by atoms with Crippen molar-refractivity contribution in [1.29, 1.82) is 0 Å². The molecule has 1 atom stereocenters. The fraction of sp³-hybridized carbons (Fsp3) is 0.115. The minimum Gasteiger partial charge on any atom is -0.448 e. The van der Waals surface area contributed by atoms with Crippen LogP contribution in [0.1, 0.15) is 21.5 Å². The Morgan fingerprint density at radius 1 is 1.03 bits per heavy atom. The molecular weight excluding hydrogens is 421 g/mol. The quantitative estimate of drug-likeness (QED) is 0.474. The molecule has 4 aromatic rings. The molecule has 1 amide bonds. The van der Waals surface area contributed by atoms with Crippen LogP contribution in [-0.4, -0.2) is 27.8 Å². The van der Waals surface area contributed by atoms with E-state index in [9.17, 15) is 14.0 Å². The second-order valence-corrected chi connectivity index (χ2v) is 7.76. The zero-order valence-electron chi connectivity index (χ0n) is 17.6. The number of rotatable bonds is 5. The number of amides is 1. The van der Waals surface area contributed by atoms with Gasteiger partial charge >= 0.3 is 5.97 Å². The van der Waals surface area contributed by atoms with Crippen LogP contribution in [0.25, 0.3) is 16.9 Å². The van der Waals surface area contributed by atoms with Crippen molar-refractivity contribution in [3.05, 3.63) is 108 Å². The molecule has 3 aromatic carbocycles. The number of hydrogen-bond donors (Lipinski definition) is 1. The number of nitrogens with one attached hydrogen (secondary N) is 1. The fourth-order valence-corrected chi connectivity index (χ4v) is 3.88. The third-order valence-corrected chi connectivity index (χ3v) is 5.57. The molecule has 1 unspecified atom stereocenters. The maximum absolute atomic E-state index is 13.4. The monoisotopic (exact) mass is 441 g/mol. The molecule has 1 aromatic heterocycles. The first kappa shape index (κ1) is 20.6. The molecule has 7 heteroatoms. The predicted molar refractivity (Wildman–Crippen MR) is 120 cm³/mol. The molecule has 0 radical (unpaired) electrons. The Morgan fingerprint density at radius 2 is 1.76 bits per heavy atom. The molecule has 1 aliphatic heterocycles. The number of para-hydroxylation sites is 1. The van der Waals surface area contributed by atoms with Crippen LogP contribution in [0.3, 0.4) is 0 Å². The van der Waals surface area contributed by atoms with Crippen molar-refractivity contribution < 1.29 is 18.7 Å². The lowest BCUT2D eigenvalue weighted by molar-refractivity contribution is -0.130. The lowest BCUT2D eigenvalue weighted by Crippen LogP contribution is -2.41. The summed E-state index contributed by atoms with van der Waals surface area (Å²) in [4.78, 5) is 25.1. The van der Waals surface area contributed by atoms with Gasteiger partial charge in [0.2, 0.25) is 0 Å². The average molecular weight is 441 g/mol. The predicted octanol–water partition coefficient (Wildman–Crippen LogP) is 4.08. The van der Waals surface area contributed by atoms with Gasteiger partial charge in [0.05, 0.1) is 16.9 Å². The number of aromatic nitrogens is 2. The van der Waals surface area contributed by atoms with Gasteiger partial charge in [-0.15, -0.1) is 0 Å². The largest absolute Gasteiger partial charge is 0.448 e. The minimum absolute atomic E-state index is 0.175. The zero-order valence-corrected chi connectivity index (χ0v) is 17.6. The molecule has 0 saturated heterocycles. The van der Waals surface area contributed by atoms with Crippen molar-refractivity contribution in [2.24, 2.45) is 0 Å². The van der Waals surface area contributed by atoms with Crippen molar-refractivity contribution in [3.63, 3.8) is 0 Å². The topological polar surface area (TPSA) is 73.2 Å². The van der Waals surface area contributed by atoms with Gasteiger partial charge in [-0.2, -0.15) is 5.10 Å². The van der Waals surface area contributed by atoms with Crippen molar-refractivity contribution >= 4 is 11.9 Å². The maximum atomic E-state index is 13.4. The summed E-state index contributed by atoms with van der Waals surface area (Å²) in [5.41, 5.74) is 4.25. The van der Waals surface area contributed by atoms with Gasteiger partial charge in [0.1, 0.15) is 5.82 Å². The SMILES string of the molecule is O=C1OC(C(=O)NCc2cn(-c3ccccc3)nc2-c2ccc(F)cc2)Cc2ccccc21. The van der Waals surface area contributed by atoms with Crippen LogP contribution in [0.15, 0.2) is 85.1 Å². The first-order valence-electron chi connectivity index (χ1n) is 10.5. The van der Waals surface area contributed by atoms with Gasteiger partial charge in [-0.05, 0) is 48.0 Å². The smallest absolute Gasteiger partial charge is 0.339 e. The second-order valence-electron chi connectivity index (χ2n) is 7.76. The highest BCUT2D eigenvalue weighted by Gasteiger charge is 2.31. The molecule has 5 rings (SSSR count). The lowest BCUT2D eigenvalue weighted by Gasteiger charge is -2.23. The molecule has 0 bridgehead atoms. The number of carbonyl (C=O) groups excluding carboxylic acids is 2. The van der Waals surface area contributed by atoms with Crippen molar-refractivity contribution in [2.45, 2.75) is 19.1 Å². The van der Waals surface area contributed by atoms with E-state index < -0.39 is 12.1 Å². The summed E-state index contributed by atoms with van der Waals surface area (Å²) in [6.45, 7) is 0.175. The molecule has 0 saturated carbocycles. The molecule has 0 aliphatic carbocycles. The Kier molecular flexibility index (Phi) is 5.44. The Morgan fingerprint density at radius 3 is 2.55 bits per heavy atom. The van der Waals surface area contributed by atoms with E-state index in [-0.39, 0.29) is 18.3 Å². The summed E-state index contributed by atoms with van der Waals surface area (Å²) in [6, 6.07) is 22.7. The van der Waals surface area contributed by atoms with E-state index in [2.05, 4.69) is 10.4 Å². The lowest BCUT2D eigenvalue weighted by atomic mass is 9.98. The van der Waals surface area contributed by atoms with Crippen LogP contribution in [0.2, 0.25) is 0 Å². The van der Waals surface area contributed by atoms with E-state index in [4.69, 9.17) is 4.74 Å². The van der Waals surface area contributed by atoms with E-state index in [0.29, 0.717) is 17.7 Å². The number of carbonyl (C=O) groups is 2. The summed E-state index contributed by atoms with van der Waals surface area (Å²) in [5.74, 6) is -1.22. The van der Waals surface area contributed by atoms with Crippen LogP contribution in [0, 0.1) is 5.82 Å². The van der Waals surface area contributed by atoms with Gasteiger partial charge < -0.3 is 10.1 Å². The van der Waals surface area contributed by atoms with Gasteiger partial charge in [-0.25, -0.2) is 13.9 Å². The van der Waals surface area contributed by atoms with Gasteiger partial charge in [0.15, 0.2) is 6.10 Å². The normalized spacial score (nSPS) is 14.9. The van der Waals surface area contributed by atoms with Gasteiger partial charge in [-0.1, -0.05) is 36.4 Å². The second kappa shape index (κ2) is 8.70. The summed E-state index contributed by atoms with van der Waals surface area (Å²) in [5, 5.41) is 7.53. The third kappa shape index (κ3) is 4.25. The van der Waals surface area contributed by atoms with Gasteiger partial charge in [0.25, 0.3) is 5.91 Å². The summed E-state index contributed by atoms with van der Waals surface area (Å²) >= 11 is 0. The first-order chi connectivity index (χ1) is 16.1. The molecule has 164 valence electrons. The fourth-order valence-electron chi connectivity index (χ4n) is 3.88. The summed E-state index contributed by atoms with van der Waals surface area (Å²) < 4.78 is 20.5. The van der Waals surface area contributed by atoms with Gasteiger partial charge in [0, 0.05) is 30.3 Å². The zero-order chi connectivity index (χ0) is 22.8. The summed E-state index contributed by atoms with van der Waals surface area (Å²) in [7, 11) is 0. The highest BCUT2D eigenvalue weighted by molar-refractivity contribution is 5.95. The standard InChI is InChI=1S/C26H20FN3O3/c27-20-12-10-17(11-13-20)24-19(16-30(29-24)21-7-2-1-3-8-21)15-28-25(31)23-14-18-6-4-5-9-22(18)26(32)33-23/h1-13,16,23H,14-15H2,(H,28,31). The molecule has 33 heavy (non-hydrogen) atoms. The number of hydrogen-bond acceptors (Lipinski definition) is 4. The summed E-state index contributed by atoms with van der Waals surface area (Å²) in [6.07, 6.45) is 1.25. The number of cyclic esters (lactones) is 1. The van der Waals surface area contributed by atoms with Crippen LogP contribution in [-0.2, 0) is 22.5 Å². The number of nitrogens with zero attached hydrogens (tertiary/aromatic N) is 2. The number of ether oxygens (including phenoxy) is 1. The van der Waals surface area contributed by atoms with E-state index >= 15 is 0 Å². The highest BCUT2D eigenvalue weighted by Crippen LogP contribution is 2.25. The number of fused-ring (bicyclic) bond motifs is 1. The Hall–Kier alpha value is -4.26. The molecule has 2 heterocycles. The van der Waals surface area contributed by atoms with E-state index in [1.807, 2.05) is 48.7 Å². The molecule has 1 N–H and O–H groups in total. The third-order valence-electron chi connectivity index (χ3n) is 5.57. The number of esters is 1. The molecule has 1 aliphatic rings. The Bertz CT molecular complexity index is 1320. The maximum Gasteiger partial charge on any atom is 0.339 e. The van der Waals surface area contributed by atoms with E-state index in [1.54, 1.807) is 28.9 Å². The van der Waals surface area contributed by atoms with Gasteiger partial charge in [-0.3, -0.25) is 4.79 Å². The highest BCUT2D eigenvalue weighted by atomic mass is 19.1. The van der Waals surface area contributed by atoms with Crippen LogP contribution < -0.4 is 5.32 Å². The molecule has 6 nitrogen and oxygen atoms in total. The number of halogens is 1. The number of benzene rings is 3. The Labute approximate surface area is 189 Å². The Balaban J connectivity index is 1.38. The molecule has 0 spiro atoms. The van der Waals surface area contributed by atoms with Crippen molar-refractivity contribution in [1.82, 2.24) is 15.1 Å². The van der Waals surface area contributed by atoms with Crippen LogP contribution in [0.5, 0.6) is 0 Å². The average Bonchev–Trinajstić information content (AvgIpc) is 3.28. The van der Waals surface area contributed by atoms with Crippen LogP contribution >= 0.6 is 0 Å². The van der Waals surface area contributed by atoms with E-state index in [1.165, 1.54) is 12.1 Å². The first-order valence-corrected chi connectivity index (χ1v) is 10.5. The molecular formula is C26H20FN3O3. The van der Waals surface area contributed by atoms with Crippen molar-refractivity contribution in [2.75, 3.05) is 0 Å². The van der Waals surface area contributed by atoms with Crippen LogP contribution in [0.4, 0.5) is 4.39 Å².